The fourth-order valence-corrected chi connectivity index (χ4v) is 1.32. The summed E-state index contributed by atoms with van der Waals surface area (Å²) in [6.45, 7) is 1.84. The van der Waals surface area contributed by atoms with Crippen LogP contribution >= 0.6 is 0 Å². The van der Waals surface area contributed by atoms with Gasteiger partial charge < -0.3 is 4.74 Å². The predicted octanol–water partition coefficient (Wildman–Crippen LogP) is 0.203. The van der Waals surface area contributed by atoms with Gasteiger partial charge in [-0.1, -0.05) is 0 Å². The Bertz CT molecular complexity index is 422. The average Bonchev–Trinajstić information content (AvgIpc) is 2.48. The van der Waals surface area contributed by atoms with Gasteiger partial charge >= 0.3 is 5.69 Å². The highest BCUT2D eigenvalue weighted by molar-refractivity contribution is 5.79. The highest BCUT2D eigenvalue weighted by Gasteiger charge is 2.16. The lowest BCUT2D eigenvalue weighted by atomic mass is 10.4. The van der Waals surface area contributed by atoms with E-state index in [0.29, 0.717) is 5.88 Å². The molecule has 0 saturated heterocycles. The lowest BCUT2D eigenvalue weighted by Gasteiger charge is -2.06. The second-order valence-corrected chi connectivity index (χ2v) is 2.79. The topological polar surface area (TPSA) is 56.5 Å². The van der Waals surface area contributed by atoms with Gasteiger partial charge in [0.2, 0.25) is 5.88 Å². The van der Waals surface area contributed by atoms with Crippen molar-refractivity contribution in [3.8, 4) is 5.88 Å². The second kappa shape index (κ2) is 2.69. The van der Waals surface area contributed by atoms with Crippen molar-refractivity contribution in [1.29, 1.82) is 0 Å². The van der Waals surface area contributed by atoms with E-state index in [4.69, 9.17) is 4.74 Å². The molecule has 13 heavy (non-hydrogen) atoms. The largest absolute Gasteiger partial charge is 0.481 e. The summed E-state index contributed by atoms with van der Waals surface area (Å²) in [5.41, 5.74) is 0.420. The molecule has 2 rings (SSSR count). The zero-order valence-electron chi connectivity index (χ0n) is 7.39. The van der Waals surface area contributed by atoms with Gasteiger partial charge in [-0.05, 0) is 6.92 Å². The Morgan fingerprint density at radius 3 is 3.08 bits per heavy atom. The van der Waals surface area contributed by atoms with Crippen LogP contribution in [0.1, 0.15) is 18.8 Å². The summed E-state index contributed by atoms with van der Waals surface area (Å²) in [6, 6.07) is 1.69. The minimum Gasteiger partial charge on any atom is -0.481 e. The van der Waals surface area contributed by atoms with Crippen molar-refractivity contribution >= 4 is 6.21 Å². The normalized spacial score (nSPS) is 18.8. The van der Waals surface area contributed by atoms with Crippen molar-refractivity contribution in [3.05, 3.63) is 22.2 Å². The van der Waals surface area contributed by atoms with Crippen molar-refractivity contribution in [2.75, 3.05) is 7.11 Å². The fraction of sp³-hybridized carbons (Fsp3) is 0.375. The molecule has 1 atom stereocenters. The Labute approximate surface area is 74.7 Å². The monoisotopic (exact) mass is 179 g/mol. The van der Waals surface area contributed by atoms with Crippen LogP contribution in [0.3, 0.4) is 0 Å². The van der Waals surface area contributed by atoms with Gasteiger partial charge in [-0.15, -0.1) is 0 Å². The lowest BCUT2D eigenvalue weighted by Crippen LogP contribution is -2.25. The van der Waals surface area contributed by atoms with Crippen molar-refractivity contribution in [2.45, 2.75) is 13.1 Å². The molecule has 0 radical (unpaired) electrons. The van der Waals surface area contributed by atoms with Crippen molar-refractivity contribution in [2.24, 2.45) is 4.99 Å². The molecule has 1 aliphatic heterocycles. The molecule has 1 aromatic heterocycles. The van der Waals surface area contributed by atoms with Crippen LogP contribution in [-0.4, -0.2) is 22.9 Å². The molecular formula is C8H9N3O2. The molecule has 0 bridgehead atoms. The summed E-state index contributed by atoms with van der Waals surface area (Å²) < 4.78 is 6.39. The van der Waals surface area contributed by atoms with E-state index < -0.39 is 0 Å². The first-order valence-corrected chi connectivity index (χ1v) is 3.93. The molecule has 0 aliphatic carbocycles. The molecule has 2 heterocycles. The number of hydrogen-bond donors (Lipinski definition) is 0. The third-order valence-electron chi connectivity index (χ3n) is 1.97. The Morgan fingerprint density at radius 1 is 1.62 bits per heavy atom. The quantitative estimate of drug-likeness (QED) is 0.619. The molecule has 5 heteroatoms. The number of aliphatic imine (C=N–C) groups is 1. The molecule has 0 amide bonds. The first kappa shape index (κ1) is 7.97. The van der Waals surface area contributed by atoms with E-state index in [1.165, 1.54) is 11.7 Å². The van der Waals surface area contributed by atoms with Gasteiger partial charge in [-0.2, -0.15) is 4.98 Å². The molecule has 68 valence electrons. The maximum atomic E-state index is 11.4. The number of fused-ring (bicyclic) bond motifs is 1. The minimum atomic E-state index is -0.320. The molecule has 1 aliphatic rings. The summed E-state index contributed by atoms with van der Waals surface area (Å²) >= 11 is 0. The highest BCUT2D eigenvalue weighted by atomic mass is 16.5. The summed E-state index contributed by atoms with van der Waals surface area (Å²) in [5.74, 6) is 0.330. The minimum absolute atomic E-state index is 0.152. The fourth-order valence-electron chi connectivity index (χ4n) is 1.32. The highest BCUT2D eigenvalue weighted by Crippen LogP contribution is 2.16. The van der Waals surface area contributed by atoms with E-state index in [-0.39, 0.29) is 11.9 Å². The van der Waals surface area contributed by atoms with Crippen LogP contribution in [0.2, 0.25) is 0 Å². The van der Waals surface area contributed by atoms with E-state index >= 15 is 0 Å². The Balaban J connectivity index is 2.65. The molecule has 0 saturated carbocycles. The number of aromatic nitrogens is 2. The van der Waals surface area contributed by atoms with E-state index in [2.05, 4.69) is 9.98 Å². The molecule has 0 aromatic carbocycles. The number of ether oxygens (including phenoxy) is 1. The van der Waals surface area contributed by atoms with Gasteiger partial charge in [0.05, 0.1) is 12.8 Å². The van der Waals surface area contributed by atoms with Crippen LogP contribution in [0.15, 0.2) is 15.9 Å². The standard InChI is InChI=1S/C8H9N3O2/c1-5-9-4-6-3-7(13-2)10-8(12)11(5)6/h3-5H,1-2H3. The second-order valence-electron chi connectivity index (χ2n) is 2.79. The van der Waals surface area contributed by atoms with Crippen LogP contribution in [0.4, 0.5) is 0 Å². The number of methoxy groups -OCH3 is 1. The summed E-state index contributed by atoms with van der Waals surface area (Å²) in [5, 5.41) is 0. The first-order valence-electron chi connectivity index (χ1n) is 3.93. The predicted molar refractivity (Wildman–Crippen MR) is 47.4 cm³/mol. The Kier molecular flexibility index (Phi) is 1.65. The van der Waals surface area contributed by atoms with Crippen molar-refractivity contribution < 1.29 is 4.74 Å². The zero-order chi connectivity index (χ0) is 9.42. The van der Waals surface area contributed by atoms with E-state index in [9.17, 15) is 4.79 Å². The smallest absolute Gasteiger partial charge is 0.353 e. The van der Waals surface area contributed by atoms with E-state index in [1.54, 1.807) is 12.3 Å². The molecule has 0 fully saturated rings. The molecule has 1 unspecified atom stereocenters. The van der Waals surface area contributed by atoms with Crippen LogP contribution in [0.5, 0.6) is 5.88 Å². The van der Waals surface area contributed by atoms with Crippen molar-refractivity contribution in [3.63, 3.8) is 0 Å². The van der Waals surface area contributed by atoms with Gasteiger partial charge in [0.1, 0.15) is 6.17 Å². The first-order chi connectivity index (χ1) is 6.22. The molecule has 0 N–H and O–H groups in total. The maximum Gasteiger partial charge on any atom is 0.353 e. The number of hydrogen-bond acceptors (Lipinski definition) is 4. The van der Waals surface area contributed by atoms with Crippen LogP contribution in [0, 0.1) is 0 Å². The van der Waals surface area contributed by atoms with Crippen LogP contribution < -0.4 is 10.4 Å². The van der Waals surface area contributed by atoms with Gasteiger partial charge in [-0.3, -0.25) is 9.56 Å². The maximum absolute atomic E-state index is 11.4. The summed E-state index contributed by atoms with van der Waals surface area (Å²) in [6.07, 6.45) is 1.50. The van der Waals surface area contributed by atoms with Crippen LogP contribution in [0.25, 0.3) is 0 Å². The number of rotatable bonds is 1. The van der Waals surface area contributed by atoms with E-state index in [0.717, 1.165) is 5.69 Å². The molecular weight excluding hydrogens is 170 g/mol. The third-order valence-corrected chi connectivity index (χ3v) is 1.97. The van der Waals surface area contributed by atoms with Crippen LogP contribution in [-0.2, 0) is 0 Å². The van der Waals surface area contributed by atoms with Gasteiger partial charge in [0, 0.05) is 12.3 Å². The molecule has 1 aromatic rings. The SMILES string of the molecule is COc1cc2n(c(=O)n1)C(C)N=C2. The lowest BCUT2D eigenvalue weighted by molar-refractivity contribution is 0.390. The number of nitrogens with zero attached hydrogens (tertiary/aromatic N) is 3. The Morgan fingerprint density at radius 2 is 2.38 bits per heavy atom. The van der Waals surface area contributed by atoms with Gasteiger partial charge in [-0.25, -0.2) is 4.79 Å². The van der Waals surface area contributed by atoms with Gasteiger partial charge in [0.15, 0.2) is 0 Å². The molecule has 5 nitrogen and oxygen atoms in total. The zero-order valence-corrected chi connectivity index (χ0v) is 7.39. The van der Waals surface area contributed by atoms with Crippen molar-refractivity contribution in [1.82, 2.24) is 9.55 Å². The van der Waals surface area contributed by atoms with Gasteiger partial charge in [0.25, 0.3) is 0 Å². The third kappa shape index (κ3) is 1.12. The summed E-state index contributed by atoms with van der Waals surface area (Å²) in [7, 11) is 1.48. The van der Waals surface area contributed by atoms with E-state index in [1.807, 2.05) is 6.92 Å². The average molecular weight is 179 g/mol. The summed E-state index contributed by atoms with van der Waals surface area (Å²) in [4.78, 5) is 19.2. The Hall–Kier alpha value is -1.65. The molecule has 0 spiro atoms.